The van der Waals surface area contributed by atoms with E-state index in [9.17, 15) is 0 Å². The Kier molecular flexibility index (Phi) is 4.72. The zero-order valence-corrected chi connectivity index (χ0v) is 12.7. The van der Waals surface area contributed by atoms with Crippen LogP contribution in [0, 0.1) is 6.92 Å². The van der Waals surface area contributed by atoms with Crippen molar-refractivity contribution < 1.29 is 0 Å². The van der Waals surface area contributed by atoms with Gasteiger partial charge >= 0.3 is 0 Å². The van der Waals surface area contributed by atoms with Gasteiger partial charge in [-0.25, -0.2) is 0 Å². The fourth-order valence-electron chi connectivity index (χ4n) is 1.81. The van der Waals surface area contributed by atoms with Gasteiger partial charge in [-0.2, -0.15) is 11.8 Å². The van der Waals surface area contributed by atoms with Gasteiger partial charge in [0.05, 0.1) is 0 Å². The van der Waals surface area contributed by atoms with E-state index < -0.39 is 0 Å². The number of hydrogen-bond donors (Lipinski definition) is 1. The average Bonchev–Trinajstić information content (AvgIpc) is 2.30. The molecule has 2 aromatic rings. The van der Waals surface area contributed by atoms with Crippen LogP contribution in [0.5, 0.6) is 0 Å². The van der Waals surface area contributed by atoms with Crippen molar-refractivity contribution in [2.45, 2.75) is 18.4 Å². The maximum atomic E-state index is 5.83. The highest BCUT2D eigenvalue weighted by Gasteiger charge is 2.00. The number of nitrogens with two attached hydrogens (primary N) is 1. The third kappa shape index (κ3) is 3.79. The number of thioether (sulfide) groups is 1. The van der Waals surface area contributed by atoms with Gasteiger partial charge in [-0.15, -0.1) is 0 Å². The van der Waals surface area contributed by atoms with Crippen LogP contribution in [-0.2, 0) is 11.5 Å². The molecular weight excluding hydrogens is 306 g/mol. The largest absolute Gasteiger partial charge is 0.399 e. The molecule has 0 heterocycles. The zero-order valence-electron chi connectivity index (χ0n) is 10.3. The molecule has 0 aliphatic heterocycles. The van der Waals surface area contributed by atoms with Crippen molar-refractivity contribution in [1.29, 1.82) is 0 Å². The predicted octanol–water partition coefficient (Wildman–Crippen LogP) is 4.77. The second-order valence-corrected chi connectivity index (χ2v) is 6.21. The van der Waals surface area contributed by atoms with Gasteiger partial charge in [0.1, 0.15) is 0 Å². The van der Waals surface area contributed by atoms with Crippen LogP contribution in [0.3, 0.4) is 0 Å². The molecule has 2 rings (SSSR count). The zero-order chi connectivity index (χ0) is 13.0. The third-order valence-electron chi connectivity index (χ3n) is 2.77. The average molecular weight is 322 g/mol. The SMILES string of the molecule is Cc1ccccc1CSCc1cc(N)cc(Br)c1. The lowest BCUT2D eigenvalue weighted by molar-refractivity contribution is 1.29. The minimum Gasteiger partial charge on any atom is -0.399 e. The van der Waals surface area contributed by atoms with E-state index in [0.717, 1.165) is 21.7 Å². The summed E-state index contributed by atoms with van der Waals surface area (Å²) in [7, 11) is 0. The van der Waals surface area contributed by atoms with Crippen molar-refractivity contribution in [2.75, 3.05) is 5.73 Å². The molecule has 0 unspecified atom stereocenters. The van der Waals surface area contributed by atoms with Crippen molar-refractivity contribution in [3.05, 3.63) is 63.6 Å². The van der Waals surface area contributed by atoms with E-state index in [1.54, 1.807) is 0 Å². The Balaban J connectivity index is 1.94. The van der Waals surface area contributed by atoms with Crippen LogP contribution in [0.15, 0.2) is 46.9 Å². The number of aryl methyl sites for hydroxylation is 1. The molecule has 94 valence electrons. The monoisotopic (exact) mass is 321 g/mol. The van der Waals surface area contributed by atoms with Gasteiger partial charge in [0.2, 0.25) is 0 Å². The van der Waals surface area contributed by atoms with Crippen molar-refractivity contribution >= 4 is 33.4 Å². The van der Waals surface area contributed by atoms with Crippen molar-refractivity contribution in [3.8, 4) is 0 Å². The first-order valence-electron chi connectivity index (χ1n) is 5.82. The molecule has 18 heavy (non-hydrogen) atoms. The van der Waals surface area contributed by atoms with Crippen LogP contribution in [-0.4, -0.2) is 0 Å². The van der Waals surface area contributed by atoms with Crippen LogP contribution < -0.4 is 5.73 Å². The molecule has 1 nitrogen and oxygen atoms in total. The summed E-state index contributed by atoms with van der Waals surface area (Å²) in [6, 6.07) is 14.6. The standard InChI is InChI=1S/C15H16BrNS/c1-11-4-2-3-5-13(11)10-18-9-12-6-14(16)8-15(17)7-12/h2-8H,9-10,17H2,1H3. The summed E-state index contributed by atoms with van der Waals surface area (Å²) in [6.45, 7) is 2.16. The van der Waals surface area contributed by atoms with Crippen LogP contribution >= 0.6 is 27.7 Å². The Labute approximate surface area is 121 Å². The highest BCUT2D eigenvalue weighted by atomic mass is 79.9. The van der Waals surface area contributed by atoms with Gasteiger partial charge in [0.25, 0.3) is 0 Å². The molecule has 0 saturated carbocycles. The van der Waals surface area contributed by atoms with E-state index in [1.807, 2.05) is 23.9 Å². The minimum atomic E-state index is 0.816. The summed E-state index contributed by atoms with van der Waals surface area (Å²) < 4.78 is 1.05. The molecule has 0 aliphatic rings. The molecule has 0 bridgehead atoms. The van der Waals surface area contributed by atoms with Gasteiger partial charge in [0.15, 0.2) is 0 Å². The predicted molar refractivity (Wildman–Crippen MR) is 84.7 cm³/mol. The lowest BCUT2D eigenvalue weighted by Gasteiger charge is -2.06. The van der Waals surface area contributed by atoms with Crippen LogP contribution in [0.25, 0.3) is 0 Å². The molecule has 0 aromatic heterocycles. The topological polar surface area (TPSA) is 26.0 Å². The number of hydrogen-bond acceptors (Lipinski definition) is 2. The summed E-state index contributed by atoms with van der Waals surface area (Å²) in [5.74, 6) is 2.02. The highest BCUT2D eigenvalue weighted by Crippen LogP contribution is 2.23. The first-order valence-corrected chi connectivity index (χ1v) is 7.77. The Bertz CT molecular complexity index is 520. The molecular formula is C15H16BrNS. The van der Waals surface area contributed by atoms with E-state index in [2.05, 4.69) is 53.2 Å². The van der Waals surface area contributed by atoms with Gasteiger partial charge in [-0.3, -0.25) is 0 Å². The fourth-order valence-corrected chi connectivity index (χ4v) is 3.42. The highest BCUT2D eigenvalue weighted by molar-refractivity contribution is 9.10. The second-order valence-electron chi connectivity index (χ2n) is 4.31. The number of benzene rings is 2. The van der Waals surface area contributed by atoms with Gasteiger partial charge in [-0.05, 0) is 41.8 Å². The van der Waals surface area contributed by atoms with Crippen molar-refractivity contribution in [1.82, 2.24) is 0 Å². The maximum absolute atomic E-state index is 5.83. The lowest BCUT2D eigenvalue weighted by Crippen LogP contribution is -1.90. The van der Waals surface area contributed by atoms with Crippen molar-refractivity contribution in [3.63, 3.8) is 0 Å². The number of rotatable bonds is 4. The quantitative estimate of drug-likeness (QED) is 0.820. The van der Waals surface area contributed by atoms with Gasteiger partial charge in [0, 0.05) is 21.7 Å². The normalized spacial score (nSPS) is 10.6. The van der Waals surface area contributed by atoms with Gasteiger partial charge < -0.3 is 5.73 Å². The molecule has 0 atom stereocenters. The van der Waals surface area contributed by atoms with Crippen LogP contribution in [0.2, 0.25) is 0 Å². The number of halogens is 1. The minimum absolute atomic E-state index is 0.816. The van der Waals surface area contributed by atoms with E-state index >= 15 is 0 Å². The Morgan fingerprint density at radius 2 is 1.89 bits per heavy atom. The second kappa shape index (κ2) is 6.30. The number of nitrogen functional groups attached to an aromatic ring is 1. The smallest absolute Gasteiger partial charge is 0.0328 e. The maximum Gasteiger partial charge on any atom is 0.0328 e. The summed E-state index contributed by atoms with van der Waals surface area (Å²) in [6.07, 6.45) is 0. The summed E-state index contributed by atoms with van der Waals surface area (Å²) >= 11 is 5.39. The molecule has 2 N–H and O–H groups in total. The van der Waals surface area contributed by atoms with Gasteiger partial charge in [-0.1, -0.05) is 40.2 Å². The molecule has 0 fully saturated rings. The first kappa shape index (κ1) is 13.5. The van der Waals surface area contributed by atoms with Crippen LogP contribution in [0.4, 0.5) is 5.69 Å². The van der Waals surface area contributed by atoms with E-state index in [0.29, 0.717) is 0 Å². The molecule has 2 aromatic carbocycles. The molecule has 0 amide bonds. The molecule has 0 radical (unpaired) electrons. The van der Waals surface area contributed by atoms with Crippen molar-refractivity contribution in [2.24, 2.45) is 0 Å². The third-order valence-corrected chi connectivity index (χ3v) is 4.28. The first-order chi connectivity index (χ1) is 8.65. The van der Waals surface area contributed by atoms with E-state index in [4.69, 9.17) is 5.73 Å². The van der Waals surface area contributed by atoms with E-state index in [-0.39, 0.29) is 0 Å². The molecule has 0 saturated heterocycles. The number of anilines is 1. The lowest BCUT2D eigenvalue weighted by atomic mass is 10.1. The molecule has 0 spiro atoms. The summed E-state index contributed by atoms with van der Waals surface area (Å²) in [5.41, 5.74) is 10.7. The molecule has 0 aliphatic carbocycles. The molecule has 3 heteroatoms. The Morgan fingerprint density at radius 1 is 1.11 bits per heavy atom. The summed E-state index contributed by atoms with van der Waals surface area (Å²) in [4.78, 5) is 0. The Morgan fingerprint density at radius 3 is 2.61 bits per heavy atom. The summed E-state index contributed by atoms with van der Waals surface area (Å²) in [5, 5.41) is 0. The fraction of sp³-hybridized carbons (Fsp3) is 0.200. The van der Waals surface area contributed by atoms with E-state index in [1.165, 1.54) is 16.7 Å². The Hall–Kier alpha value is -0.930. The van der Waals surface area contributed by atoms with Crippen LogP contribution in [0.1, 0.15) is 16.7 Å².